The molecule has 4 aromatic rings. The maximum Gasteiger partial charge on any atom is 0.257 e. The highest BCUT2D eigenvalue weighted by molar-refractivity contribution is 6.03. The summed E-state index contributed by atoms with van der Waals surface area (Å²) in [5.74, 6) is 0.489. The lowest BCUT2D eigenvalue weighted by Gasteiger charge is -2.12. The van der Waals surface area contributed by atoms with Crippen LogP contribution in [0.5, 0.6) is 0 Å². The first-order valence-electron chi connectivity index (χ1n) is 9.97. The predicted molar refractivity (Wildman–Crippen MR) is 121 cm³/mol. The molecule has 158 valence electrons. The molecule has 0 saturated heterocycles. The Bertz CT molecular complexity index is 1270. The summed E-state index contributed by atoms with van der Waals surface area (Å²) in [4.78, 5) is 21.2. The van der Waals surface area contributed by atoms with Crippen molar-refractivity contribution >= 4 is 17.8 Å². The normalized spacial score (nSPS) is 11.0. The molecular formula is C23H25N7O. The van der Waals surface area contributed by atoms with Crippen molar-refractivity contribution in [3.05, 3.63) is 76.7 Å². The molecule has 0 atom stereocenters. The molecule has 8 nitrogen and oxygen atoms in total. The van der Waals surface area contributed by atoms with E-state index in [1.165, 1.54) is 16.7 Å². The third-order valence-corrected chi connectivity index (χ3v) is 5.42. The second-order valence-electron chi connectivity index (χ2n) is 7.73. The summed E-state index contributed by atoms with van der Waals surface area (Å²) in [5.41, 5.74) is 12.7. The first-order valence-corrected chi connectivity index (χ1v) is 9.97. The van der Waals surface area contributed by atoms with Gasteiger partial charge in [0.1, 0.15) is 6.33 Å². The van der Waals surface area contributed by atoms with Crippen LogP contribution in [-0.2, 0) is 13.6 Å². The molecule has 0 aliphatic carbocycles. The Morgan fingerprint density at radius 2 is 1.84 bits per heavy atom. The maximum atomic E-state index is 12.9. The summed E-state index contributed by atoms with van der Waals surface area (Å²) >= 11 is 0. The molecule has 1 amide bonds. The molecule has 0 bridgehead atoms. The Balaban J connectivity index is 1.55. The van der Waals surface area contributed by atoms with Gasteiger partial charge in [0.25, 0.3) is 5.91 Å². The Labute approximate surface area is 180 Å². The van der Waals surface area contributed by atoms with Crippen molar-refractivity contribution in [1.29, 1.82) is 0 Å². The number of aromatic nitrogens is 5. The first-order chi connectivity index (χ1) is 14.8. The minimum atomic E-state index is -0.225. The van der Waals surface area contributed by atoms with Crippen LogP contribution in [0.3, 0.4) is 0 Å². The number of amides is 1. The second-order valence-corrected chi connectivity index (χ2v) is 7.73. The van der Waals surface area contributed by atoms with Crippen molar-refractivity contribution in [2.45, 2.75) is 27.3 Å². The molecule has 2 aromatic carbocycles. The van der Waals surface area contributed by atoms with Gasteiger partial charge in [-0.05, 0) is 61.2 Å². The fourth-order valence-corrected chi connectivity index (χ4v) is 3.57. The molecule has 0 unspecified atom stereocenters. The number of aryl methyl sites for hydroxylation is 3. The number of anilines is 2. The van der Waals surface area contributed by atoms with E-state index in [0.717, 1.165) is 16.8 Å². The van der Waals surface area contributed by atoms with Crippen LogP contribution in [0.2, 0.25) is 0 Å². The van der Waals surface area contributed by atoms with E-state index in [2.05, 4.69) is 53.3 Å². The molecule has 0 fully saturated rings. The van der Waals surface area contributed by atoms with E-state index in [1.807, 2.05) is 29.8 Å². The van der Waals surface area contributed by atoms with Crippen molar-refractivity contribution in [2.75, 3.05) is 11.1 Å². The Hall–Kier alpha value is -3.94. The van der Waals surface area contributed by atoms with Gasteiger partial charge in [-0.1, -0.05) is 18.2 Å². The number of hydrogen-bond acceptors (Lipinski definition) is 5. The molecule has 0 aliphatic heterocycles. The van der Waals surface area contributed by atoms with Crippen molar-refractivity contribution in [2.24, 2.45) is 7.05 Å². The largest absolute Gasteiger partial charge is 0.367 e. The van der Waals surface area contributed by atoms with Gasteiger partial charge in [-0.15, -0.1) is 5.10 Å². The topological polar surface area (TPSA) is 104 Å². The zero-order chi connectivity index (χ0) is 22.1. The minimum absolute atomic E-state index is 0.221. The van der Waals surface area contributed by atoms with Crippen LogP contribution in [0.4, 0.5) is 11.9 Å². The summed E-state index contributed by atoms with van der Waals surface area (Å²) in [7, 11) is 1.90. The zero-order valence-corrected chi connectivity index (χ0v) is 18.0. The average molecular weight is 416 g/mol. The average Bonchev–Trinajstić information content (AvgIpc) is 3.30. The predicted octanol–water partition coefficient (Wildman–Crippen LogP) is 3.49. The van der Waals surface area contributed by atoms with Crippen LogP contribution >= 0.6 is 0 Å². The third-order valence-electron chi connectivity index (χ3n) is 5.42. The van der Waals surface area contributed by atoms with Gasteiger partial charge in [0.2, 0.25) is 11.9 Å². The monoisotopic (exact) mass is 415 g/mol. The minimum Gasteiger partial charge on any atom is -0.367 e. The van der Waals surface area contributed by atoms with E-state index in [0.29, 0.717) is 18.1 Å². The highest BCUT2D eigenvalue weighted by Crippen LogP contribution is 2.28. The number of imidazole rings is 1. The first kappa shape index (κ1) is 20.3. The third kappa shape index (κ3) is 4.18. The lowest BCUT2D eigenvalue weighted by atomic mass is 9.99. The SMILES string of the molecule is Cc1cc(C)c(-c2cnc(NC(=O)c3cccc(Cn4cnc(N)n4)c3)n2C)cc1C. The molecule has 3 N–H and O–H groups in total. The lowest BCUT2D eigenvalue weighted by Crippen LogP contribution is -2.15. The van der Waals surface area contributed by atoms with Crippen LogP contribution in [0.1, 0.15) is 32.6 Å². The summed E-state index contributed by atoms with van der Waals surface area (Å²) < 4.78 is 3.53. The number of rotatable bonds is 5. The van der Waals surface area contributed by atoms with Crippen LogP contribution < -0.4 is 11.1 Å². The summed E-state index contributed by atoms with van der Waals surface area (Å²) in [5, 5.41) is 6.99. The molecule has 0 saturated carbocycles. The molecule has 31 heavy (non-hydrogen) atoms. The fraction of sp³-hybridized carbons (Fsp3) is 0.217. The molecule has 0 aliphatic rings. The van der Waals surface area contributed by atoms with Crippen LogP contribution in [0.25, 0.3) is 11.3 Å². The van der Waals surface area contributed by atoms with Crippen LogP contribution in [-0.4, -0.2) is 30.2 Å². The number of nitrogens with two attached hydrogens (primary N) is 1. The molecular weight excluding hydrogens is 390 g/mol. The quantitative estimate of drug-likeness (QED) is 0.519. The number of carbonyl (C=O) groups is 1. The number of benzene rings is 2. The number of nitrogen functional groups attached to an aromatic ring is 1. The molecule has 2 aromatic heterocycles. The number of nitrogens with one attached hydrogen (secondary N) is 1. The standard InChI is InChI=1S/C23H25N7O/c1-14-8-16(3)19(9-15(14)2)20-11-25-23(29(20)4)27-21(31)18-7-5-6-17(10-18)12-30-13-26-22(24)28-30/h5-11,13H,12H2,1-4H3,(H2,24,28)(H,25,27,31). The van der Waals surface area contributed by atoms with Gasteiger partial charge in [0, 0.05) is 18.2 Å². The van der Waals surface area contributed by atoms with E-state index < -0.39 is 0 Å². The molecule has 2 heterocycles. The number of hydrogen-bond donors (Lipinski definition) is 2. The fourth-order valence-electron chi connectivity index (χ4n) is 3.57. The van der Waals surface area contributed by atoms with E-state index >= 15 is 0 Å². The molecule has 0 radical (unpaired) electrons. The van der Waals surface area contributed by atoms with E-state index in [9.17, 15) is 4.79 Å². The highest BCUT2D eigenvalue weighted by atomic mass is 16.1. The van der Waals surface area contributed by atoms with Gasteiger partial charge in [-0.2, -0.15) is 0 Å². The van der Waals surface area contributed by atoms with E-state index in [-0.39, 0.29) is 11.9 Å². The maximum absolute atomic E-state index is 12.9. The van der Waals surface area contributed by atoms with Crippen LogP contribution in [0, 0.1) is 20.8 Å². The Morgan fingerprint density at radius 3 is 2.58 bits per heavy atom. The van der Waals surface area contributed by atoms with Gasteiger partial charge >= 0.3 is 0 Å². The van der Waals surface area contributed by atoms with Gasteiger partial charge in [0.15, 0.2) is 0 Å². The number of nitrogens with zero attached hydrogens (tertiary/aromatic N) is 5. The van der Waals surface area contributed by atoms with Gasteiger partial charge in [-0.3, -0.25) is 10.1 Å². The molecule has 0 spiro atoms. The Kier molecular flexibility index (Phi) is 5.29. The van der Waals surface area contributed by atoms with Gasteiger partial charge < -0.3 is 10.3 Å². The summed E-state index contributed by atoms with van der Waals surface area (Å²) in [6.45, 7) is 6.76. The molecule has 4 rings (SSSR count). The zero-order valence-electron chi connectivity index (χ0n) is 18.0. The van der Waals surface area contributed by atoms with Gasteiger partial charge in [-0.25, -0.2) is 14.6 Å². The van der Waals surface area contributed by atoms with Crippen LogP contribution in [0.15, 0.2) is 48.9 Å². The highest BCUT2D eigenvalue weighted by Gasteiger charge is 2.15. The van der Waals surface area contributed by atoms with Crippen molar-refractivity contribution < 1.29 is 4.79 Å². The molecule has 8 heteroatoms. The lowest BCUT2D eigenvalue weighted by molar-refractivity contribution is 0.102. The Morgan fingerprint density at radius 1 is 1.06 bits per heavy atom. The van der Waals surface area contributed by atoms with Crippen molar-refractivity contribution in [3.8, 4) is 11.3 Å². The second kappa shape index (κ2) is 8.06. The van der Waals surface area contributed by atoms with Crippen molar-refractivity contribution in [3.63, 3.8) is 0 Å². The number of carbonyl (C=O) groups excluding carboxylic acids is 1. The summed E-state index contributed by atoms with van der Waals surface area (Å²) in [6, 6.07) is 11.7. The van der Waals surface area contributed by atoms with E-state index in [4.69, 9.17) is 5.73 Å². The smallest absolute Gasteiger partial charge is 0.257 e. The van der Waals surface area contributed by atoms with E-state index in [1.54, 1.807) is 23.3 Å². The summed E-state index contributed by atoms with van der Waals surface area (Å²) in [6.07, 6.45) is 3.35. The van der Waals surface area contributed by atoms with Crippen molar-refractivity contribution in [1.82, 2.24) is 24.3 Å². The van der Waals surface area contributed by atoms with Gasteiger partial charge in [0.05, 0.1) is 18.4 Å².